The fourth-order valence-electron chi connectivity index (χ4n) is 3.69. The van der Waals surface area contributed by atoms with Gasteiger partial charge in [-0.25, -0.2) is 0 Å². The molecule has 2 aliphatic rings. The highest BCUT2D eigenvalue weighted by atomic mass is 16.5. The minimum absolute atomic E-state index is 0.211. The monoisotopic (exact) mass is 262 g/mol. The van der Waals surface area contributed by atoms with E-state index in [-0.39, 0.29) is 6.04 Å². The van der Waals surface area contributed by atoms with Gasteiger partial charge in [0.15, 0.2) is 0 Å². The van der Waals surface area contributed by atoms with Crippen molar-refractivity contribution in [3.8, 4) is 0 Å². The zero-order valence-corrected chi connectivity index (χ0v) is 12.2. The highest BCUT2D eigenvalue weighted by molar-refractivity contribution is 5.30. The quantitative estimate of drug-likeness (QED) is 0.890. The van der Waals surface area contributed by atoms with E-state index in [2.05, 4.69) is 30.7 Å². The van der Waals surface area contributed by atoms with Crippen molar-refractivity contribution in [3.05, 3.63) is 23.5 Å². The molecule has 3 heteroatoms. The van der Waals surface area contributed by atoms with E-state index in [1.165, 1.54) is 24.1 Å². The van der Waals surface area contributed by atoms with E-state index in [4.69, 9.17) is 10.5 Å². The smallest absolute Gasteiger partial charge is 0.0511 e. The van der Waals surface area contributed by atoms with Crippen LogP contribution in [0.1, 0.15) is 50.4 Å². The first-order valence-electron chi connectivity index (χ1n) is 7.56. The maximum absolute atomic E-state index is 6.33. The largest absolute Gasteiger partial charge is 0.381 e. The standard InChI is InChI=1S/C16H26N2O/c1-16(2)8-14(17)13-5-6-18(15(13)9-16)10-12-4-3-7-19-11-12/h5-6,12,14H,3-4,7-11,17H2,1-2H3. The Morgan fingerprint density at radius 1 is 1.47 bits per heavy atom. The zero-order chi connectivity index (χ0) is 13.5. The fourth-order valence-corrected chi connectivity index (χ4v) is 3.69. The maximum Gasteiger partial charge on any atom is 0.0511 e. The number of ether oxygens (including phenoxy) is 1. The number of hydrogen-bond donors (Lipinski definition) is 1. The normalized spacial score (nSPS) is 30.1. The second kappa shape index (κ2) is 4.95. The number of fused-ring (bicyclic) bond motifs is 1. The summed E-state index contributed by atoms with van der Waals surface area (Å²) >= 11 is 0. The van der Waals surface area contributed by atoms with Crippen molar-refractivity contribution in [2.75, 3.05) is 13.2 Å². The zero-order valence-electron chi connectivity index (χ0n) is 12.2. The number of nitrogens with zero attached hydrogens (tertiary/aromatic N) is 1. The predicted molar refractivity (Wildman–Crippen MR) is 77.0 cm³/mol. The molecule has 1 fully saturated rings. The van der Waals surface area contributed by atoms with Gasteiger partial charge in [0.25, 0.3) is 0 Å². The lowest BCUT2D eigenvalue weighted by Crippen LogP contribution is -2.31. The molecule has 3 rings (SSSR count). The molecule has 2 unspecified atom stereocenters. The van der Waals surface area contributed by atoms with Gasteiger partial charge in [0.1, 0.15) is 0 Å². The summed E-state index contributed by atoms with van der Waals surface area (Å²) in [4.78, 5) is 0. The van der Waals surface area contributed by atoms with Crippen molar-refractivity contribution >= 4 is 0 Å². The molecule has 0 aromatic carbocycles. The van der Waals surface area contributed by atoms with Crippen molar-refractivity contribution in [3.63, 3.8) is 0 Å². The van der Waals surface area contributed by atoms with Gasteiger partial charge in [-0.15, -0.1) is 0 Å². The van der Waals surface area contributed by atoms with Crippen LogP contribution in [0.15, 0.2) is 12.3 Å². The molecule has 1 saturated heterocycles. The van der Waals surface area contributed by atoms with E-state index in [1.807, 2.05) is 0 Å². The van der Waals surface area contributed by atoms with Gasteiger partial charge >= 0.3 is 0 Å². The lowest BCUT2D eigenvalue weighted by molar-refractivity contribution is 0.0478. The van der Waals surface area contributed by atoms with Crippen LogP contribution >= 0.6 is 0 Å². The molecule has 19 heavy (non-hydrogen) atoms. The van der Waals surface area contributed by atoms with Gasteiger partial charge in [0, 0.05) is 37.0 Å². The Labute approximate surface area is 116 Å². The first-order valence-corrected chi connectivity index (χ1v) is 7.56. The molecule has 2 N–H and O–H groups in total. The van der Waals surface area contributed by atoms with Crippen LogP contribution in [0.5, 0.6) is 0 Å². The van der Waals surface area contributed by atoms with Crippen LogP contribution < -0.4 is 5.73 Å². The molecule has 0 saturated carbocycles. The molecule has 106 valence electrons. The van der Waals surface area contributed by atoms with Crippen LogP contribution in [-0.2, 0) is 17.7 Å². The first-order chi connectivity index (χ1) is 9.05. The van der Waals surface area contributed by atoms with E-state index < -0.39 is 0 Å². The first kappa shape index (κ1) is 13.2. The molecule has 1 aliphatic carbocycles. The van der Waals surface area contributed by atoms with Crippen LogP contribution in [-0.4, -0.2) is 17.8 Å². The van der Waals surface area contributed by atoms with E-state index in [0.717, 1.165) is 32.6 Å². The van der Waals surface area contributed by atoms with Crippen LogP contribution in [0.25, 0.3) is 0 Å². The molecule has 0 spiro atoms. The summed E-state index contributed by atoms with van der Waals surface area (Å²) in [5.74, 6) is 0.673. The van der Waals surface area contributed by atoms with E-state index in [0.29, 0.717) is 11.3 Å². The van der Waals surface area contributed by atoms with Gasteiger partial charge in [0.05, 0.1) is 6.61 Å². The van der Waals surface area contributed by atoms with Crippen molar-refractivity contribution in [1.82, 2.24) is 4.57 Å². The summed E-state index contributed by atoms with van der Waals surface area (Å²) in [5.41, 5.74) is 9.49. The molecule has 0 radical (unpaired) electrons. The van der Waals surface area contributed by atoms with Gasteiger partial charge in [-0.05, 0) is 42.7 Å². The Bertz CT molecular complexity index is 444. The lowest BCUT2D eigenvalue weighted by Gasteiger charge is -2.35. The Hall–Kier alpha value is -0.800. The Kier molecular flexibility index (Phi) is 3.44. The number of nitrogens with two attached hydrogens (primary N) is 1. The summed E-state index contributed by atoms with van der Waals surface area (Å²) in [5, 5.41) is 0. The lowest BCUT2D eigenvalue weighted by atomic mass is 9.74. The van der Waals surface area contributed by atoms with Gasteiger partial charge in [-0.2, -0.15) is 0 Å². The second-order valence-electron chi connectivity index (χ2n) is 7.10. The van der Waals surface area contributed by atoms with E-state index in [9.17, 15) is 0 Å². The number of aromatic nitrogens is 1. The van der Waals surface area contributed by atoms with Gasteiger partial charge in [-0.1, -0.05) is 13.8 Å². The minimum atomic E-state index is 0.211. The Morgan fingerprint density at radius 3 is 3.05 bits per heavy atom. The van der Waals surface area contributed by atoms with Crippen LogP contribution in [0.4, 0.5) is 0 Å². The van der Waals surface area contributed by atoms with Crippen molar-refractivity contribution < 1.29 is 4.74 Å². The summed E-state index contributed by atoms with van der Waals surface area (Å²) in [6.07, 6.45) is 6.98. The van der Waals surface area contributed by atoms with E-state index in [1.54, 1.807) is 0 Å². The van der Waals surface area contributed by atoms with Gasteiger partial charge < -0.3 is 15.0 Å². The van der Waals surface area contributed by atoms with Gasteiger partial charge in [-0.3, -0.25) is 0 Å². The molecule has 1 aromatic rings. The van der Waals surface area contributed by atoms with Gasteiger partial charge in [0.2, 0.25) is 0 Å². The SMILES string of the molecule is CC1(C)Cc2c(ccn2CC2CCCOC2)C(N)C1. The summed E-state index contributed by atoms with van der Waals surface area (Å²) in [6, 6.07) is 2.45. The van der Waals surface area contributed by atoms with Crippen molar-refractivity contribution in [2.45, 2.75) is 52.1 Å². The highest BCUT2D eigenvalue weighted by Crippen LogP contribution is 2.40. The second-order valence-corrected chi connectivity index (χ2v) is 7.10. The molecule has 2 atom stereocenters. The van der Waals surface area contributed by atoms with Crippen LogP contribution in [0.3, 0.4) is 0 Å². The highest BCUT2D eigenvalue weighted by Gasteiger charge is 2.32. The molecule has 0 bridgehead atoms. The molecule has 1 aliphatic heterocycles. The third kappa shape index (κ3) is 2.72. The number of rotatable bonds is 2. The number of hydrogen-bond acceptors (Lipinski definition) is 2. The Balaban J connectivity index is 1.80. The average molecular weight is 262 g/mol. The summed E-state index contributed by atoms with van der Waals surface area (Å²) in [6.45, 7) is 7.62. The molecule has 1 aromatic heterocycles. The van der Waals surface area contributed by atoms with E-state index >= 15 is 0 Å². The minimum Gasteiger partial charge on any atom is -0.381 e. The van der Waals surface area contributed by atoms with Crippen LogP contribution in [0.2, 0.25) is 0 Å². The average Bonchev–Trinajstić information content (AvgIpc) is 2.72. The summed E-state index contributed by atoms with van der Waals surface area (Å²) < 4.78 is 8.04. The predicted octanol–water partition coefficient (Wildman–Crippen LogP) is 2.89. The topological polar surface area (TPSA) is 40.2 Å². The van der Waals surface area contributed by atoms with Crippen molar-refractivity contribution in [1.29, 1.82) is 0 Å². The molecular formula is C16H26N2O. The molecule has 0 amide bonds. The third-order valence-electron chi connectivity index (χ3n) is 4.64. The Morgan fingerprint density at radius 2 is 2.32 bits per heavy atom. The maximum atomic E-state index is 6.33. The van der Waals surface area contributed by atoms with Crippen molar-refractivity contribution in [2.24, 2.45) is 17.1 Å². The fraction of sp³-hybridized carbons (Fsp3) is 0.750. The third-order valence-corrected chi connectivity index (χ3v) is 4.64. The molecule has 3 nitrogen and oxygen atoms in total. The molecular weight excluding hydrogens is 236 g/mol. The van der Waals surface area contributed by atoms with Crippen LogP contribution in [0, 0.1) is 11.3 Å². The summed E-state index contributed by atoms with van der Waals surface area (Å²) in [7, 11) is 0. The molecule has 2 heterocycles.